The van der Waals surface area contributed by atoms with E-state index in [4.69, 9.17) is 38.2 Å². The predicted octanol–water partition coefficient (Wildman–Crippen LogP) is 11.9. The lowest BCUT2D eigenvalue weighted by molar-refractivity contribution is -0.485. The van der Waals surface area contributed by atoms with Crippen molar-refractivity contribution in [2.24, 2.45) is 76.4 Å². The number of amides is 2. The van der Waals surface area contributed by atoms with Crippen LogP contribution in [0.4, 0.5) is 26.3 Å². The lowest BCUT2D eigenvalue weighted by atomic mass is 9.49. The summed E-state index contributed by atoms with van der Waals surface area (Å²) in [7, 11) is -9.21. The van der Waals surface area contributed by atoms with E-state index in [1.165, 1.54) is 205 Å². The maximum Gasteiger partial charge on any atom is 0.523 e. The van der Waals surface area contributed by atoms with Crippen molar-refractivity contribution in [2.45, 2.75) is 293 Å². The third-order valence-electron chi connectivity index (χ3n) is 23.7. The van der Waals surface area contributed by atoms with Gasteiger partial charge in [-0.25, -0.2) is 19.3 Å². The second-order valence-electron chi connectivity index (χ2n) is 31.9. The number of carbonyl (C=O) groups excluding carboxylic acids is 2. The number of carbonyl (C=O) groups is 2. The van der Waals surface area contributed by atoms with E-state index in [-0.39, 0.29) is 41.4 Å². The fraction of sp³-hybridized carbons (Fsp3) is 0.900. The number of hydrogen-bond donors (Lipinski definition) is 4. The average Bonchev–Trinajstić information content (AvgIpc) is 1.40. The Morgan fingerprint density at radius 2 is 1.04 bits per heavy atom. The van der Waals surface area contributed by atoms with E-state index in [1.807, 2.05) is 0 Å². The standard InChI is InChI=1S/C18H25N3.C15H20N2O.C11H18N2O.C8H13NO.C7H11NO.C6H15N.C2H3F3O3S.CHF3O3S.2CH4.B.H2/c1-2-14(1)16-19-20-17(21(16)15-3-4-15)18-8-11-5-12(9-18)7-13(6-11)10-18;1-2-12(1)13-16-17-14(18-13)15-6-9-3-10(7-15)5-11(4-9)8-15;12-13-10(14)11-4-7-1-8(5-11)3-9(2-7)6-11;1-10-8(6-2-3-6)9-7-4-5-7;9-7(5-1-2-5)8-6-3-4-6;1-4-7(5-2)6-3;1-8-9(6,7)2(3,4)5;2-1(3,4)8(5,6)7;;;;/h11-15H,1-10H2;9-12H,1-8H2;7-9H,1-6,12H2,(H,13,14);6-7H,2-5H2,1H3;5-6H,1-4H2,(H,8,9);4-6H2,1-3H3;1H3;(H,5,6,7);2*1H4;;1H/i;;;;;;;;;;;1+1. The van der Waals surface area contributed by atoms with Gasteiger partial charge < -0.3 is 28.5 Å². The number of hydrogen-bond acceptors (Lipinski definition) is 16. The Labute approximate surface area is 587 Å². The zero-order chi connectivity index (χ0) is 68.8. The number of ether oxygens (including phenoxy) is 1. The van der Waals surface area contributed by atoms with Crippen molar-refractivity contribution in [3.05, 3.63) is 23.4 Å². The Morgan fingerprint density at radius 3 is 1.35 bits per heavy atom. The molecule has 19 saturated carbocycles. The highest BCUT2D eigenvalue weighted by Crippen LogP contribution is 2.64. The van der Waals surface area contributed by atoms with Crippen LogP contribution in [-0.2, 0) is 49.6 Å². The summed E-state index contributed by atoms with van der Waals surface area (Å²) in [6.07, 6.45) is 42.6. The quantitative estimate of drug-likeness (QED) is 0.0131. The number of nitrogens with one attached hydrogen (secondary N) is 3. The molecule has 0 aromatic carbocycles. The van der Waals surface area contributed by atoms with Gasteiger partial charge in [0.25, 0.3) is 0 Å². The van der Waals surface area contributed by atoms with Crippen molar-refractivity contribution in [3.8, 4) is 0 Å². The van der Waals surface area contributed by atoms with E-state index in [9.17, 15) is 44.3 Å². The second kappa shape index (κ2) is 32.6. The Kier molecular flexibility index (Phi) is 26.6. The average molecular weight is 1450 g/mol. The van der Waals surface area contributed by atoms with E-state index in [0.717, 1.165) is 127 Å². The second-order valence-corrected chi connectivity index (χ2v) is 35.0. The highest BCUT2D eigenvalue weighted by molar-refractivity contribution is 7.87. The van der Waals surface area contributed by atoms with Crippen molar-refractivity contribution in [1.82, 2.24) is 40.6 Å². The molecule has 2 aromatic heterocycles. The number of hydrazine groups is 1. The molecule has 2 aromatic rings. The van der Waals surface area contributed by atoms with Gasteiger partial charge in [0.05, 0.1) is 25.6 Å². The Bertz CT molecular complexity index is 3140. The summed E-state index contributed by atoms with van der Waals surface area (Å²) in [5.74, 6) is 22.4. The molecule has 29 heteroatoms. The van der Waals surface area contributed by atoms with Crippen LogP contribution in [0, 0.1) is 70.5 Å². The van der Waals surface area contributed by atoms with E-state index in [1.54, 1.807) is 7.11 Å². The van der Waals surface area contributed by atoms with Gasteiger partial charge in [-0.15, -0.1) is 20.4 Å². The van der Waals surface area contributed by atoms with Crippen LogP contribution in [0.25, 0.3) is 0 Å². The van der Waals surface area contributed by atoms with Crippen LogP contribution in [0.3, 0.4) is 0 Å². The molecule has 21 rings (SSSR count). The molecule has 0 saturated heterocycles. The van der Waals surface area contributed by atoms with Crippen LogP contribution < -0.4 is 21.6 Å². The normalized spacial score (nSPS) is 32.9. The first-order valence-electron chi connectivity index (χ1n) is 36.4. The van der Waals surface area contributed by atoms with Crippen molar-refractivity contribution < 1.29 is 77.1 Å². The minimum Gasteiger partial charge on any atom is -0.741 e. The van der Waals surface area contributed by atoms with Crippen LogP contribution in [0.1, 0.15) is 284 Å². The van der Waals surface area contributed by atoms with Crippen LogP contribution >= 0.6 is 0 Å². The van der Waals surface area contributed by atoms with Gasteiger partial charge >= 0.3 is 27.0 Å². The molecule has 3 radical (unpaired) electrons. The topological polar surface area (TPSA) is 281 Å². The summed E-state index contributed by atoms with van der Waals surface area (Å²) < 4.78 is 129. The number of methoxy groups -OCH3 is 1. The zero-order valence-corrected chi connectivity index (χ0v) is 59.1. The van der Waals surface area contributed by atoms with Crippen LogP contribution in [0.5, 0.6) is 0 Å². The SMILES string of the molecule is C.C.C1C2CC3CC1CC(c1nnc(C4CC4)n1C1CC1)(C2)C3.C1C2CC3CC1CC(c1nnc(C4CC4)o1)(C2)C3.CCN(CC)CC.COC(=[NH+]C1CC1)C1CC1.COS(=O)(=O)C(F)(F)F.NNC(=O)C12CC3CC(CC(C3)C1)C2.O=C(NC1CC1)C1CC1.O=S(=O)([O-])C(F)(F)F.[2HH].[B]. The van der Waals surface area contributed by atoms with E-state index >= 15 is 0 Å². The summed E-state index contributed by atoms with van der Waals surface area (Å²) in [6, 6.07) is 2.06. The molecule has 563 valence electrons. The van der Waals surface area contributed by atoms with Gasteiger partial charge in [-0.3, -0.25) is 19.2 Å². The lowest BCUT2D eigenvalue weighted by Crippen LogP contribution is -2.75. The molecular weight excluding hydrogens is 1330 g/mol. The van der Waals surface area contributed by atoms with E-state index in [0.29, 0.717) is 36.3 Å². The monoisotopic (exact) mass is 1450 g/mol. The highest BCUT2D eigenvalue weighted by atomic mass is 32.2. The molecule has 20 nitrogen and oxygen atoms in total. The van der Waals surface area contributed by atoms with Gasteiger partial charge in [-0.05, 0) is 266 Å². The minimum absolute atomic E-state index is 0. The van der Waals surface area contributed by atoms with Crippen molar-refractivity contribution in [3.63, 3.8) is 0 Å². The van der Waals surface area contributed by atoms with Crippen LogP contribution in [0.15, 0.2) is 4.42 Å². The Balaban J connectivity index is 0.000000165. The van der Waals surface area contributed by atoms with Gasteiger partial charge in [-0.2, -0.15) is 34.8 Å². The summed E-state index contributed by atoms with van der Waals surface area (Å²) in [5, 5.41) is 21.3. The molecule has 0 aliphatic heterocycles. The fourth-order valence-corrected chi connectivity index (χ4v) is 19.2. The lowest BCUT2D eigenvalue weighted by Gasteiger charge is -2.56. The fourth-order valence-electron chi connectivity index (χ4n) is 19.0. The molecule has 19 fully saturated rings. The van der Waals surface area contributed by atoms with Gasteiger partial charge in [0.2, 0.25) is 23.6 Å². The summed E-state index contributed by atoms with van der Waals surface area (Å²) in [4.78, 5) is 28.5. The Hall–Kier alpha value is -3.93. The molecule has 0 spiro atoms. The number of nitrogens with two attached hydrogens (primary N) is 1. The number of alkyl halides is 6. The van der Waals surface area contributed by atoms with Crippen LogP contribution in [0.2, 0.25) is 0 Å². The molecule has 99 heavy (non-hydrogen) atoms. The highest BCUT2D eigenvalue weighted by Gasteiger charge is 2.58. The minimum atomic E-state index is -6.09. The number of nitrogens with zero attached hydrogens (tertiary/aromatic N) is 6. The number of halogens is 6. The molecule has 0 unspecified atom stereocenters. The molecule has 0 atom stereocenters. The molecule has 19 aliphatic rings. The number of aromatic nitrogens is 5. The third kappa shape index (κ3) is 20.5. The summed E-state index contributed by atoms with van der Waals surface area (Å²) in [6.45, 7) is 10.1. The third-order valence-corrected chi connectivity index (χ3v) is 25.3. The molecule has 5 N–H and O–H groups in total. The molecule has 19 aliphatic carbocycles. The first kappa shape index (κ1) is 80.8. The van der Waals surface area contributed by atoms with Gasteiger partial charge in [0, 0.05) is 63.3 Å². The molecule has 12 bridgehead atoms. The zero-order valence-electron chi connectivity index (χ0n) is 57.5. The molecule has 2 amide bonds. The largest absolute Gasteiger partial charge is 0.741 e. The van der Waals surface area contributed by atoms with Crippen molar-refractivity contribution in [1.29, 1.82) is 0 Å². The van der Waals surface area contributed by atoms with Crippen molar-refractivity contribution >= 4 is 46.4 Å². The first-order chi connectivity index (χ1) is 45.5. The molecular formula is C70H116BF6N10O10S2. The summed E-state index contributed by atoms with van der Waals surface area (Å²) in [5.41, 5.74) is -7.92. The predicted molar refractivity (Wildman–Crippen MR) is 364 cm³/mol. The maximum absolute atomic E-state index is 11.8. The first-order valence-corrected chi connectivity index (χ1v) is 39.2. The summed E-state index contributed by atoms with van der Waals surface area (Å²) >= 11 is 0. The Morgan fingerprint density at radius 1 is 0.616 bits per heavy atom. The molecule has 2 heterocycles. The van der Waals surface area contributed by atoms with Gasteiger partial charge in [0.1, 0.15) is 11.6 Å². The van der Waals surface area contributed by atoms with Crippen molar-refractivity contribution in [2.75, 3.05) is 33.9 Å². The van der Waals surface area contributed by atoms with Gasteiger partial charge in [0.15, 0.2) is 16.2 Å². The number of rotatable bonds is 14. The van der Waals surface area contributed by atoms with Gasteiger partial charge in [-0.1, -0.05) is 35.6 Å². The smallest absolute Gasteiger partial charge is 0.523 e. The van der Waals surface area contributed by atoms with E-state index < -0.39 is 31.3 Å². The van der Waals surface area contributed by atoms with E-state index in [2.05, 4.69) is 60.4 Å². The van der Waals surface area contributed by atoms with Crippen LogP contribution in [-0.4, -0.2) is 134 Å². The maximum atomic E-state index is 11.8.